The summed E-state index contributed by atoms with van der Waals surface area (Å²) in [5.41, 5.74) is 27.1. The van der Waals surface area contributed by atoms with E-state index in [1.54, 1.807) is 11.1 Å². The third-order valence-corrected chi connectivity index (χ3v) is 31.2. The van der Waals surface area contributed by atoms with Crippen molar-refractivity contribution in [2.45, 2.75) is 271 Å². The van der Waals surface area contributed by atoms with Gasteiger partial charge < -0.3 is 28.9 Å². The van der Waals surface area contributed by atoms with E-state index in [-0.39, 0.29) is 16.4 Å². The average molecular weight is 1500 g/mol. The van der Waals surface area contributed by atoms with Gasteiger partial charge >= 0.3 is 0 Å². The third-order valence-electron chi connectivity index (χ3n) is 31.2. The van der Waals surface area contributed by atoms with Crippen molar-refractivity contribution in [3.8, 4) is 0 Å². The van der Waals surface area contributed by atoms with Crippen LogP contribution in [0.3, 0.4) is 0 Å². The molecule has 8 nitrogen and oxygen atoms in total. The number of aromatic nitrogens is 2. The number of nitrogens with zero attached hydrogens (tertiary/aromatic N) is 7. The lowest BCUT2D eigenvalue weighted by atomic mass is 9.42. The largest absolute Gasteiger partial charge is 0.436 e. The topological polar surface area (TPSA) is 55.1 Å². The number of hydrogen-bond acceptors (Lipinski definition) is 8. The lowest BCUT2D eigenvalue weighted by molar-refractivity contribution is -0.0654. The number of pyridine rings is 2. The van der Waals surface area contributed by atoms with E-state index in [0.717, 1.165) is 46.2 Å². The van der Waals surface area contributed by atoms with E-state index in [4.69, 9.17) is 4.42 Å². The van der Waals surface area contributed by atoms with Gasteiger partial charge in [-0.15, -0.1) is 0 Å². The second-order valence-corrected chi connectivity index (χ2v) is 38.2. The van der Waals surface area contributed by atoms with Crippen molar-refractivity contribution in [3.05, 3.63) is 269 Å². The quantitative estimate of drug-likeness (QED) is 0.169. The number of anilines is 9. The molecule has 5 aliphatic heterocycles. The minimum atomic E-state index is 0.117. The Morgan fingerprint density at radius 3 is 1.31 bits per heavy atom. The summed E-state index contributed by atoms with van der Waals surface area (Å²) in [5.74, 6) is 4.94. The maximum absolute atomic E-state index is 6.34. The molecule has 113 heavy (non-hydrogen) atoms. The molecule has 8 aromatic carbocycles. The summed E-state index contributed by atoms with van der Waals surface area (Å²) in [7, 11) is 0. The molecule has 1 saturated heterocycles. The Balaban J connectivity index is 0.000000103. The first kappa shape index (κ1) is 76.5. The molecule has 5 atom stereocenters. The Morgan fingerprint density at radius 1 is 0.345 bits per heavy atom. The lowest BCUT2D eigenvalue weighted by Gasteiger charge is -2.62. The van der Waals surface area contributed by atoms with Crippen LogP contribution in [0, 0.1) is 63.7 Å². The average Bonchev–Trinajstić information content (AvgIpc) is 1.54. The first-order valence-corrected chi connectivity index (χ1v) is 43.6. The zero-order valence-electron chi connectivity index (χ0n) is 70.8. The monoisotopic (exact) mass is 1500 g/mol. The number of hydrogen-bond donors (Lipinski definition) is 0. The summed E-state index contributed by atoms with van der Waals surface area (Å²) >= 11 is 0. The molecule has 22 rings (SSSR count). The van der Waals surface area contributed by atoms with E-state index in [9.17, 15) is 0 Å². The van der Waals surface area contributed by atoms with Crippen LogP contribution < -0.4 is 24.5 Å². The van der Waals surface area contributed by atoms with Crippen LogP contribution in [0.1, 0.15) is 229 Å². The number of para-hydroxylation sites is 7. The van der Waals surface area contributed by atoms with Crippen molar-refractivity contribution >= 4 is 73.4 Å². The normalized spacial score (nSPS) is 26.2. The van der Waals surface area contributed by atoms with Crippen LogP contribution >= 0.6 is 0 Å². The van der Waals surface area contributed by atoms with Gasteiger partial charge in [0.2, 0.25) is 5.71 Å². The van der Waals surface area contributed by atoms with E-state index in [2.05, 4.69) is 339 Å². The minimum absolute atomic E-state index is 0.117. The van der Waals surface area contributed by atoms with Crippen LogP contribution in [-0.4, -0.2) is 45.7 Å². The zero-order valence-corrected chi connectivity index (χ0v) is 70.8. The smallest absolute Gasteiger partial charge is 0.227 e. The molecule has 8 heteroatoms. The predicted octanol–water partition coefficient (Wildman–Crippen LogP) is 27.6. The number of benzene rings is 8. The molecule has 586 valence electrons. The maximum atomic E-state index is 6.34. The molecule has 3 spiro atoms. The molecular formula is C105H125N7O. The van der Waals surface area contributed by atoms with E-state index in [1.165, 1.54) is 193 Å². The van der Waals surface area contributed by atoms with Crippen LogP contribution in [0.5, 0.6) is 0 Å². The zero-order chi connectivity index (χ0) is 78.7. The van der Waals surface area contributed by atoms with Gasteiger partial charge in [-0.05, 0) is 282 Å². The number of aryl methyl sites for hydroxylation is 5. The van der Waals surface area contributed by atoms with Gasteiger partial charge in [-0.3, -0.25) is 0 Å². The Bertz CT molecular complexity index is 5160. The molecule has 11 aliphatic rings. The molecule has 8 heterocycles. The molecule has 11 aromatic rings. The fourth-order valence-electron chi connectivity index (χ4n) is 25.2. The predicted molar refractivity (Wildman–Crippen MR) is 477 cm³/mol. The van der Waals surface area contributed by atoms with Gasteiger partial charge in [0.1, 0.15) is 5.82 Å². The third kappa shape index (κ3) is 12.5. The molecule has 4 bridgehead atoms. The van der Waals surface area contributed by atoms with Crippen molar-refractivity contribution in [1.82, 2.24) is 9.97 Å². The molecule has 0 N–H and O–H groups in total. The highest BCUT2D eigenvalue weighted by atomic mass is 16.3. The second kappa shape index (κ2) is 29.6. The van der Waals surface area contributed by atoms with Gasteiger partial charge in [0.05, 0.1) is 5.69 Å². The summed E-state index contributed by atoms with van der Waals surface area (Å²) in [6.45, 7) is 37.3. The maximum Gasteiger partial charge on any atom is 0.227 e. The van der Waals surface area contributed by atoms with Crippen LogP contribution in [0.15, 0.2) is 223 Å². The second-order valence-electron chi connectivity index (χ2n) is 38.2. The SMILES string of the molecule is Cc1ccc2c(oc3ncccc32)c1N1[C@@H](C)C2(CCCCC2)CC1(C)C.Cc1ccccc1N1c2ccccc2C(C)(C)[C@@H]1C.Cc1ccccc1N1c2ccccc2C2(C3CC4CC(C3)CC2C4)[C@@H]1C.Cc1ccccc1N1c2ccccc2C2(CCCCC2)[C@@H]1C.Cc1ccccc1N1c2ncccc2C(C)(C)[C@@H]1C. The van der Waals surface area contributed by atoms with Gasteiger partial charge in [0, 0.05) is 126 Å². The van der Waals surface area contributed by atoms with Crippen LogP contribution in [0.4, 0.5) is 51.3 Å². The minimum Gasteiger partial charge on any atom is -0.436 e. The van der Waals surface area contributed by atoms with Crippen molar-refractivity contribution in [3.63, 3.8) is 0 Å². The molecule has 6 aliphatic carbocycles. The highest BCUT2D eigenvalue weighted by Crippen LogP contribution is 2.69. The molecule has 0 amide bonds. The van der Waals surface area contributed by atoms with Crippen molar-refractivity contribution in [2.24, 2.45) is 29.1 Å². The van der Waals surface area contributed by atoms with Crippen LogP contribution in [0.2, 0.25) is 0 Å². The van der Waals surface area contributed by atoms with Gasteiger partial charge in [-0.2, -0.15) is 0 Å². The molecule has 0 radical (unpaired) electrons. The standard InChI is InChI=1S/C25H29N.C24H30N2O.C21H25N.C18H21N.C17H20N2/c1-16-7-3-5-9-23(16)26-17(2)25(22-8-4-6-10-24(22)26)20-12-18-11-19(14-20)15-21(25)13-18;1-16-10-11-18-19-9-8-14-25-22(19)27-21(18)20(16)26-17(2)24(15-23(26,3)4)12-6-5-7-13-24;1-16-10-4-6-12-19(16)22-17(2)21(14-8-3-9-15-21)18-11-5-7-13-20(18)22;1-13-9-5-7-11-16(13)19-14(2)18(3,4)15-10-6-8-12-17(15)19;1-12-8-5-6-10-15(12)19-13(2)17(3,4)14-9-7-11-18-16(14)19/h3-10,17-21H,11-15H2,1-2H3;8-11,14,17H,5-7,12-13,15H2,1-4H3;4-7,10-13,17H,3,8-9,14-15H2,1-2H3;5-12,14H,1-4H3;5-11,13H,1-4H3/t17-,18?,19?,20?,21?,25?;2*17-;14-;13-/m00000/s1. The molecule has 0 unspecified atom stereocenters. The lowest BCUT2D eigenvalue weighted by Crippen LogP contribution is -2.60. The highest BCUT2D eigenvalue weighted by molar-refractivity contribution is 6.08. The van der Waals surface area contributed by atoms with Gasteiger partial charge in [-0.1, -0.05) is 212 Å². The molecule has 6 saturated carbocycles. The van der Waals surface area contributed by atoms with E-state index < -0.39 is 0 Å². The molecular weight excluding hydrogens is 1380 g/mol. The van der Waals surface area contributed by atoms with E-state index >= 15 is 0 Å². The summed E-state index contributed by atoms with van der Waals surface area (Å²) in [4.78, 5) is 22.0. The summed E-state index contributed by atoms with van der Waals surface area (Å²) < 4.78 is 6.34. The van der Waals surface area contributed by atoms with Gasteiger partial charge in [0.15, 0.2) is 5.58 Å². The highest BCUT2D eigenvalue weighted by Gasteiger charge is 2.65. The first-order chi connectivity index (χ1) is 54.4. The Hall–Kier alpha value is -9.14. The number of furan rings is 1. The van der Waals surface area contributed by atoms with E-state index in [0.29, 0.717) is 46.5 Å². The first-order valence-electron chi connectivity index (χ1n) is 43.6. The molecule has 7 fully saturated rings. The van der Waals surface area contributed by atoms with Gasteiger partial charge in [0.25, 0.3) is 0 Å². The Labute approximate surface area is 676 Å². The summed E-state index contributed by atoms with van der Waals surface area (Å²) in [5, 5.41) is 2.30. The molecule has 3 aromatic heterocycles. The fourth-order valence-corrected chi connectivity index (χ4v) is 25.2. The van der Waals surface area contributed by atoms with E-state index in [1.807, 2.05) is 24.5 Å². The Kier molecular flexibility index (Phi) is 20.0. The summed E-state index contributed by atoms with van der Waals surface area (Å²) in [6, 6.07) is 77.6. The van der Waals surface area contributed by atoms with Crippen molar-refractivity contribution in [1.29, 1.82) is 0 Å². The van der Waals surface area contributed by atoms with Crippen molar-refractivity contribution < 1.29 is 4.42 Å². The van der Waals surface area contributed by atoms with Crippen molar-refractivity contribution in [2.75, 3.05) is 24.5 Å². The fraction of sp³-hybridized carbons (Fsp3) is 0.448. The van der Waals surface area contributed by atoms with Gasteiger partial charge in [-0.25, -0.2) is 9.97 Å². The Morgan fingerprint density at radius 2 is 0.761 bits per heavy atom. The summed E-state index contributed by atoms with van der Waals surface area (Å²) in [6.07, 6.45) is 26.2. The number of fused-ring (bicyclic) bond motifs is 8. The van der Waals surface area contributed by atoms with Crippen LogP contribution in [-0.2, 0) is 21.7 Å². The van der Waals surface area contributed by atoms with Crippen LogP contribution in [0.25, 0.3) is 22.1 Å². The number of rotatable bonds is 5.